The summed E-state index contributed by atoms with van der Waals surface area (Å²) in [6, 6.07) is -1.16. The van der Waals surface area contributed by atoms with E-state index in [0.717, 1.165) is 5.57 Å². The third-order valence-corrected chi connectivity index (χ3v) is 16.8. The zero-order valence-electron chi connectivity index (χ0n) is 69.0. The third-order valence-electron chi connectivity index (χ3n) is 16.8. The average Bonchev–Trinajstić information content (AvgIpc) is 0.863. The van der Waals surface area contributed by atoms with E-state index in [4.69, 9.17) is 50.1 Å². The highest BCUT2D eigenvalue weighted by Gasteiger charge is 2.57. The lowest BCUT2D eigenvalue weighted by Gasteiger charge is -2.47. The van der Waals surface area contributed by atoms with Gasteiger partial charge in [-0.25, -0.2) is 15.3 Å². The number of hydrogen-bond donors (Lipinski definition) is 6. The quantitative estimate of drug-likeness (QED) is 0.00857. The summed E-state index contributed by atoms with van der Waals surface area (Å²) in [5.74, 6) is 104. The van der Waals surface area contributed by atoms with Gasteiger partial charge in [-0.2, -0.15) is 0 Å². The number of nitrogens with one attached hydrogen (secondary N) is 1. The predicted octanol–water partition coefficient (Wildman–Crippen LogP) is 12.7. The molecular formula is C94H152N2O28. The van der Waals surface area contributed by atoms with E-state index in [9.17, 15) is 34.5 Å². The Hall–Kier alpha value is -13.6. The third kappa shape index (κ3) is 46.8. The number of esters is 1. The summed E-state index contributed by atoms with van der Waals surface area (Å²) < 4.78 is 40.6. The van der Waals surface area contributed by atoms with Crippen molar-refractivity contribution in [2.75, 3.05) is 42.1 Å². The number of amides is 1. The van der Waals surface area contributed by atoms with Crippen molar-refractivity contribution in [3.63, 3.8) is 0 Å². The molecule has 0 aromatic carbocycles. The molecule has 30 heteroatoms. The number of Topliss-reactive ketones (excluding diaryl/α,β-unsaturated/α-hetero) is 2. The Bertz CT molecular complexity index is 5420. The molecule has 0 spiro atoms. The molecule has 4 rings (SSSR count). The van der Waals surface area contributed by atoms with Crippen molar-refractivity contribution in [3.8, 4) is 273 Å². The zero-order chi connectivity index (χ0) is 90.9. The summed E-state index contributed by atoms with van der Waals surface area (Å²) in [6.07, 6.45) is 10.7. The van der Waals surface area contributed by atoms with Gasteiger partial charge < -0.3 is 53.4 Å². The summed E-state index contributed by atoms with van der Waals surface area (Å²) in [5.41, 5.74) is 2.93. The fraction of sp³-hybridized carbons (Fsp3) is 0.404. The number of hydrogen-bond acceptors (Lipinski definition) is 29. The molecule has 0 aromatic heterocycles. The van der Waals surface area contributed by atoms with Crippen LogP contribution in [-0.4, -0.2) is 157 Å². The second kappa shape index (κ2) is 69.1. The number of ketones is 2. The SMILES string of the molecule is C#CC#CC#CC#CC#CC#CC#CC#CC#CC#CC#CC#CC#CC#CC#CC#CC#CC#CC#CC#CC#CC#CC#CC.COC(/C=C/C[C@@H]1/C=C(\C)C[C@H](C)C[C@H](OC)[C@H]2O[C@@](O)(C(=O)C(=O)N3CCCC[C@H]3C(=O)O[C@H](/C(C)=C/[C@@H]3CC[C@@H](O)[C@H](OC)C3)[C@H](C)[C@@H](O)CC1=O)[C@H](C)C[C@@H]2OC)OC.OOOOOOONOOOOOOO.[HH].[HH].[HH].[HH].[HH].[HH].[HH].[HH].[HH].[HH].[HH].[HH].[HH].[HH].[HH].[HH].[HH].[HH].[HH].[HH].[HH].[HH].[HH].[HH].[HH].[HH].[HH].[HH].[HH].[HH].[HH].[HH].[HH].[HH].[HH]. The maximum atomic E-state index is 14.4. The molecule has 3 fully saturated rings. The normalized spacial score (nSPS) is 22.3. The van der Waals surface area contributed by atoms with Crippen molar-refractivity contribution in [3.05, 3.63) is 35.5 Å². The molecule has 2 saturated heterocycles. The topological polar surface area (TPSA) is 360 Å². The summed E-state index contributed by atoms with van der Waals surface area (Å²) in [5, 5.41) is 82.3. The first-order valence-electron chi connectivity index (χ1n) is 36.7. The van der Waals surface area contributed by atoms with Crippen molar-refractivity contribution in [1.29, 1.82) is 0 Å². The molecule has 1 amide bonds. The van der Waals surface area contributed by atoms with Gasteiger partial charge in [0.1, 0.15) is 24.0 Å². The Balaban J connectivity index is -0.0000000460. The standard InChI is InChI=1S/C47H75NO14.C47H4.H3NO14.35H2/c1-27-20-28(2)22-39(57-7)43-40(58-8)24-30(4)47(55,62-43)44(52)45(53)48-19-12-11-15-34(48)46(54)61-42(29(3)23-32-17-18-35(49)38(25-32)56-6)31(5)36(50)26-37(51)33(21-27)14-13-16-41(59-9)60-10;1-3-5-7-9-11-13-15-17-19-21-23-25-27-29-31-33-35-37-39-41-43-45-47-46-44-42-40-38-36-34-32-30-28-26-24-22-20-18-16-14-12-10-8-6-4-2;2-6-10-14-12-8-4-1-5-9-13-15-11-7-3;;;;;;;;;;;;;;;;;;;;;;;;;;;;;;;;;;;/h13,16,21,23,28,30-36,38-43,49-50,55H,11-12,14-15,17-20,22,24-26H2,1-10H3;1H,2H3;1-3H;35*1H/b16-13+,27-21+,29-23+;;;;;;;;;;;;;;;;;;;;;;;;;;;;;;;;;;;;;/t28-,30+,31+,32-,33+,34-,35+,36-,38+,39-,40-,42+,43+,47+;;;;;;;;;;;;;;;;;;;;;;;;;;;;;;;;;;;;;/m0...................................../s1. The number of cyclic esters (lactones) is 1. The van der Waals surface area contributed by atoms with Gasteiger partial charge in [0.05, 0.1) is 30.5 Å². The second-order valence-corrected chi connectivity index (χ2v) is 25.0. The highest BCUT2D eigenvalue weighted by Crippen LogP contribution is 2.40. The summed E-state index contributed by atoms with van der Waals surface area (Å²) in [6.45, 7) is 10.9. The highest BCUT2D eigenvalue weighted by atomic mass is 17.9. The molecule has 1 aliphatic carbocycles. The number of nitrogens with zero attached hydrogens (tertiary/aromatic N) is 1. The highest BCUT2D eigenvalue weighted by molar-refractivity contribution is 6.39. The van der Waals surface area contributed by atoms with Crippen LogP contribution in [0.15, 0.2) is 35.5 Å². The van der Waals surface area contributed by atoms with Crippen molar-refractivity contribution in [2.45, 2.75) is 173 Å². The molecule has 3 aliphatic heterocycles. The van der Waals surface area contributed by atoms with Gasteiger partial charge in [-0.15, -0.1) is 6.42 Å². The van der Waals surface area contributed by atoms with E-state index in [1.54, 1.807) is 34.0 Å². The zero-order valence-corrected chi connectivity index (χ0v) is 69.0. The number of fused-ring (bicyclic) bond motifs is 3. The van der Waals surface area contributed by atoms with Crippen molar-refractivity contribution >= 4 is 23.4 Å². The molecule has 0 aromatic rings. The number of carbonyl (C=O) groups excluding carboxylic acids is 4. The van der Waals surface area contributed by atoms with E-state index in [-0.39, 0.29) is 99.5 Å². The molecular weight excluding hydrogens is 1610 g/mol. The lowest BCUT2D eigenvalue weighted by atomic mass is 9.81. The first kappa shape index (κ1) is 106. The number of ether oxygens (including phenoxy) is 7. The van der Waals surface area contributed by atoms with Crippen LogP contribution in [0.5, 0.6) is 0 Å². The molecule has 4 aliphatic rings. The Morgan fingerprint density at radius 2 is 0.976 bits per heavy atom. The number of carbonyl (C=O) groups is 4. The van der Waals surface area contributed by atoms with Crippen molar-refractivity contribution in [1.82, 2.24) is 10.5 Å². The van der Waals surface area contributed by atoms with Crippen molar-refractivity contribution in [2.24, 2.45) is 29.6 Å². The fourth-order valence-corrected chi connectivity index (χ4v) is 11.4. The van der Waals surface area contributed by atoms with Gasteiger partial charge in [-0.1, -0.05) is 60.5 Å². The number of allylic oxidation sites excluding steroid dienone is 4. The largest absolute Gasteiger partial charge is 0.456 e. The Morgan fingerprint density at radius 3 is 1.39 bits per heavy atom. The Kier molecular flexibility index (Phi) is 59.4. The number of aliphatic hydroxyl groups is 3. The van der Waals surface area contributed by atoms with Gasteiger partial charge in [-0.05, 0) is 259 Å². The van der Waals surface area contributed by atoms with Crippen LogP contribution in [0.2, 0.25) is 0 Å². The van der Waals surface area contributed by atoms with E-state index in [1.807, 2.05) is 39.0 Å². The molecule has 6 N–H and O–H groups in total. The maximum absolute atomic E-state index is 14.4. The lowest BCUT2D eigenvalue weighted by Crippen LogP contribution is -2.64. The van der Waals surface area contributed by atoms with Crippen LogP contribution in [0.3, 0.4) is 0 Å². The van der Waals surface area contributed by atoms with E-state index >= 15 is 0 Å². The fourth-order valence-electron chi connectivity index (χ4n) is 11.4. The summed E-state index contributed by atoms with van der Waals surface area (Å²) in [4.78, 5) is 65.8. The predicted molar refractivity (Wildman–Crippen MR) is 510 cm³/mol. The Morgan fingerprint density at radius 1 is 0.556 bits per heavy atom. The number of terminal acetylenes is 1. The summed E-state index contributed by atoms with van der Waals surface area (Å²) >= 11 is 0. The van der Waals surface area contributed by atoms with Crippen LogP contribution in [0.4, 0.5) is 0 Å². The van der Waals surface area contributed by atoms with Crippen LogP contribution in [0, 0.1) is 302 Å². The van der Waals surface area contributed by atoms with Crippen LogP contribution in [0.1, 0.15) is 162 Å². The van der Waals surface area contributed by atoms with E-state index < -0.39 is 90.2 Å². The molecule has 124 heavy (non-hydrogen) atoms. The molecule has 0 unspecified atom stereocenters. The average molecular weight is 1760 g/mol. The lowest BCUT2D eigenvalue weighted by molar-refractivity contribution is -0.816. The van der Waals surface area contributed by atoms with Crippen LogP contribution >= 0.6 is 0 Å². The second-order valence-electron chi connectivity index (χ2n) is 25.0. The van der Waals surface area contributed by atoms with Crippen LogP contribution in [0.25, 0.3) is 0 Å². The summed E-state index contributed by atoms with van der Waals surface area (Å²) in [7, 11) is 7.64. The molecule has 14 atom stereocenters. The van der Waals surface area contributed by atoms with Crippen LogP contribution < -0.4 is 5.64 Å². The van der Waals surface area contributed by atoms with E-state index in [1.165, 1.54) is 39.0 Å². The minimum Gasteiger partial charge on any atom is -0.456 e. The first-order chi connectivity index (χ1) is 60.2. The molecule has 3 heterocycles. The van der Waals surface area contributed by atoms with E-state index in [2.05, 4.69) is 327 Å². The first-order valence-corrected chi connectivity index (χ1v) is 36.7. The monoisotopic (exact) mass is 1760 g/mol. The molecule has 2 bridgehead atoms. The number of methoxy groups -OCH3 is 5. The molecule has 30 nitrogen and oxygen atoms in total. The molecule has 1 saturated carbocycles. The van der Waals surface area contributed by atoms with Gasteiger partial charge in [0.2, 0.25) is 5.79 Å². The minimum atomic E-state index is -2.53. The number of rotatable bonds is 22. The smallest absolute Gasteiger partial charge is 0.329 e. The van der Waals surface area contributed by atoms with Gasteiger partial charge >= 0.3 is 5.97 Å². The van der Waals surface area contributed by atoms with Gasteiger partial charge in [0.15, 0.2) is 6.29 Å². The van der Waals surface area contributed by atoms with Gasteiger partial charge in [0.25, 0.3) is 11.7 Å². The Labute approximate surface area is 774 Å². The molecule has 706 valence electrons. The maximum Gasteiger partial charge on any atom is 0.329 e. The van der Waals surface area contributed by atoms with Crippen LogP contribution in [-0.2, 0) is 113 Å². The van der Waals surface area contributed by atoms with Gasteiger partial charge in [0, 0.05) is 282 Å². The number of piperidine rings is 1. The minimum absolute atomic E-state index is 0. The van der Waals surface area contributed by atoms with Crippen molar-refractivity contribution < 1.29 is 188 Å². The molecule has 0 radical (unpaired) electrons. The van der Waals surface area contributed by atoms with Gasteiger partial charge in [-0.3, -0.25) is 14.4 Å². The van der Waals surface area contributed by atoms with E-state index in [0.29, 0.717) is 56.9 Å². The number of aliphatic hydroxyl groups excluding tert-OH is 2.